The molecule has 2 aromatic carbocycles. The summed E-state index contributed by atoms with van der Waals surface area (Å²) in [4.78, 5) is 51.7. The topological polar surface area (TPSA) is 92.8 Å². The molecule has 3 rings (SSSR count). The van der Waals surface area contributed by atoms with Gasteiger partial charge in [0.05, 0.1) is 11.1 Å². The quantitative estimate of drug-likeness (QED) is 0.545. The molecule has 1 aliphatic heterocycles. The Kier molecular flexibility index (Phi) is 6.53. The number of aryl methyl sites for hydroxylation is 1. The largest absolute Gasteiger partial charge is 0.454 e. The molecule has 3 amide bonds. The molecule has 1 atom stereocenters. The number of carbonyl (C=O) groups excluding carboxylic acids is 4. The minimum Gasteiger partial charge on any atom is -0.454 e. The average molecular weight is 422 g/mol. The summed E-state index contributed by atoms with van der Waals surface area (Å²) in [6, 6.07) is 10.9. The molecule has 0 spiro atoms. The van der Waals surface area contributed by atoms with Gasteiger partial charge in [-0.3, -0.25) is 19.3 Å². The van der Waals surface area contributed by atoms with Crippen molar-refractivity contribution in [3.63, 3.8) is 0 Å². The van der Waals surface area contributed by atoms with E-state index in [2.05, 4.69) is 5.32 Å². The number of imide groups is 1. The first kappa shape index (κ1) is 22.2. The highest BCUT2D eigenvalue weighted by Gasteiger charge is 2.43. The number of hydrogen-bond acceptors (Lipinski definition) is 5. The summed E-state index contributed by atoms with van der Waals surface area (Å²) >= 11 is 0. The maximum absolute atomic E-state index is 12.8. The molecular weight excluding hydrogens is 396 g/mol. The van der Waals surface area contributed by atoms with E-state index in [1.54, 1.807) is 30.3 Å². The lowest BCUT2D eigenvalue weighted by molar-refractivity contribution is -0.151. The Labute approximate surface area is 181 Å². The molecule has 1 heterocycles. The molecule has 0 saturated carbocycles. The van der Waals surface area contributed by atoms with E-state index in [4.69, 9.17) is 4.74 Å². The SMILES string of the molecule is Cc1cccc(NC(=O)COC(=O)[C@H](CC(C)C)N2C(=O)c3ccccc3C2=O)c1C. The highest BCUT2D eigenvalue weighted by Crippen LogP contribution is 2.27. The van der Waals surface area contributed by atoms with Crippen molar-refractivity contribution in [3.05, 3.63) is 64.7 Å². The van der Waals surface area contributed by atoms with Crippen molar-refractivity contribution < 1.29 is 23.9 Å². The standard InChI is InChI=1S/C24H26N2O5/c1-14(2)12-20(26-22(28)17-9-5-6-10-18(17)23(26)29)24(30)31-13-21(27)25-19-11-7-8-15(3)16(19)4/h5-11,14,20H,12-13H2,1-4H3,(H,25,27)/t20-/m0/s1. The molecule has 0 radical (unpaired) electrons. The van der Waals surface area contributed by atoms with Gasteiger partial charge in [0.25, 0.3) is 17.7 Å². The summed E-state index contributed by atoms with van der Waals surface area (Å²) < 4.78 is 5.22. The lowest BCUT2D eigenvalue weighted by Gasteiger charge is -2.25. The molecule has 7 nitrogen and oxygen atoms in total. The second kappa shape index (κ2) is 9.12. The van der Waals surface area contributed by atoms with Gasteiger partial charge in [-0.05, 0) is 55.5 Å². The second-order valence-electron chi connectivity index (χ2n) is 8.07. The Bertz CT molecular complexity index is 1010. The van der Waals surface area contributed by atoms with E-state index < -0.39 is 36.3 Å². The molecule has 1 N–H and O–H groups in total. The van der Waals surface area contributed by atoms with Crippen molar-refractivity contribution in [2.24, 2.45) is 5.92 Å². The van der Waals surface area contributed by atoms with Crippen LogP contribution >= 0.6 is 0 Å². The van der Waals surface area contributed by atoms with Crippen molar-refractivity contribution in [1.29, 1.82) is 0 Å². The van der Waals surface area contributed by atoms with Crippen LogP contribution in [0.3, 0.4) is 0 Å². The number of rotatable bonds is 7. The molecule has 0 saturated heterocycles. The molecule has 2 aromatic rings. The summed E-state index contributed by atoms with van der Waals surface area (Å²) in [6.07, 6.45) is 0.239. The third-order valence-corrected chi connectivity index (χ3v) is 5.33. The molecular formula is C24H26N2O5. The van der Waals surface area contributed by atoms with Gasteiger partial charge in [-0.2, -0.15) is 0 Å². The van der Waals surface area contributed by atoms with E-state index in [1.165, 1.54) is 0 Å². The number of anilines is 1. The van der Waals surface area contributed by atoms with Crippen LogP contribution in [0.25, 0.3) is 0 Å². The van der Waals surface area contributed by atoms with Gasteiger partial charge in [-0.15, -0.1) is 0 Å². The number of amides is 3. The van der Waals surface area contributed by atoms with Crippen LogP contribution < -0.4 is 5.32 Å². The fourth-order valence-electron chi connectivity index (χ4n) is 3.55. The molecule has 31 heavy (non-hydrogen) atoms. The highest BCUT2D eigenvalue weighted by atomic mass is 16.5. The van der Waals surface area contributed by atoms with E-state index in [0.29, 0.717) is 5.69 Å². The predicted octanol–water partition coefficient (Wildman–Crippen LogP) is 3.50. The molecule has 0 aromatic heterocycles. The lowest BCUT2D eigenvalue weighted by Crippen LogP contribution is -2.46. The van der Waals surface area contributed by atoms with Gasteiger partial charge in [0.1, 0.15) is 6.04 Å². The number of hydrogen-bond donors (Lipinski definition) is 1. The Balaban J connectivity index is 1.71. The van der Waals surface area contributed by atoms with E-state index >= 15 is 0 Å². The third-order valence-electron chi connectivity index (χ3n) is 5.33. The van der Waals surface area contributed by atoms with Gasteiger partial charge in [-0.1, -0.05) is 38.1 Å². The summed E-state index contributed by atoms with van der Waals surface area (Å²) in [5.41, 5.74) is 3.12. The fourth-order valence-corrected chi connectivity index (χ4v) is 3.55. The first-order valence-corrected chi connectivity index (χ1v) is 10.2. The molecule has 1 aliphatic rings. The Hall–Kier alpha value is -3.48. The van der Waals surface area contributed by atoms with Crippen LogP contribution in [0.1, 0.15) is 52.1 Å². The Morgan fingerprint density at radius 3 is 2.16 bits per heavy atom. The normalized spacial score (nSPS) is 13.9. The van der Waals surface area contributed by atoms with E-state index in [1.807, 2.05) is 39.8 Å². The van der Waals surface area contributed by atoms with Crippen molar-refractivity contribution in [2.45, 2.75) is 40.2 Å². The number of ether oxygens (including phenoxy) is 1. The van der Waals surface area contributed by atoms with Gasteiger partial charge < -0.3 is 10.1 Å². The maximum Gasteiger partial charge on any atom is 0.329 e. The van der Waals surface area contributed by atoms with Crippen LogP contribution in [0.4, 0.5) is 5.69 Å². The van der Waals surface area contributed by atoms with Crippen LogP contribution in [-0.2, 0) is 14.3 Å². The molecule has 162 valence electrons. The monoisotopic (exact) mass is 422 g/mol. The molecule has 0 fully saturated rings. The molecule has 0 aliphatic carbocycles. The van der Waals surface area contributed by atoms with Crippen LogP contribution in [-0.4, -0.2) is 41.2 Å². The molecule has 0 unspecified atom stereocenters. The van der Waals surface area contributed by atoms with Gasteiger partial charge in [0.15, 0.2) is 6.61 Å². The highest BCUT2D eigenvalue weighted by molar-refractivity contribution is 6.22. The number of carbonyl (C=O) groups is 4. The zero-order chi connectivity index (χ0) is 22.7. The van der Waals surface area contributed by atoms with E-state index in [0.717, 1.165) is 16.0 Å². The first-order chi connectivity index (χ1) is 14.7. The first-order valence-electron chi connectivity index (χ1n) is 10.2. The number of benzene rings is 2. The van der Waals surface area contributed by atoms with Crippen LogP contribution in [0.15, 0.2) is 42.5 Å². The average Bonchev–Trinajstić information content (AvgIpc) is 2.98. The molecule has 7 heteroatoms. The van der Waals surface area contributed by atoms with Crippen LogP contribution in [0.2, 0.25) is 0 Å². The van der Waals surface area contributed by atoms with Gasteiger partial charge in [0.2, 0.25) is 0 Å². The Morgan fingerprint density at radius 2 is 1.58 bits per heavy atom. The zero-order valence-electron chi connectivity index (χ0n) is 18.1. The van der Waals surface area contributed by atoms with Crippen molar-refractivity contribution in [1.82, 2.24) is 4.90 Å². The zero-order valence-corrected chi connectivity index (χ0v) is 18.1. The van der Waals surface area contributed by atoms with Gasteiger partial charge in [-0.25, -0.2) is 4.79 Å². The van der Waals surface area contributed by atoms with Gasteiger partial charge >= 0.3 is 5.97 Å². The number of nitrogens with zero attached hydrogens (tertiary/aromatic N) is 1. The number of fused-ring (bicyclic) bond motifs is 1. The van der Waals surface area contributed by atoms with Crippen LogP contribution in [0.5, 0.6) is 0 Å². The van der Waals surface area contributed by atoms with Crippen molar-refractivity contribution >= 4 is 29.4 Å². The van der Waals surface area contributed by atoms with E-state index in [-0.39, 0.29) is 23.5 Å². The van der Waals surface area contributed by atoms with E-state index in [9.17, 15) is 19.2 Å². The molecule has 0 bridgehead atoms. The van der Waals surface area contributed by atoms with Crippen molar-refractivity contribution in [2.75, 3.05) is 11.9 Å². The number of nitrogens with one attached hydrogen (secondary N) is 1. The summed E-state index contributed by atoms with van der Waals surface area (Å²) in [5.74, 6) is -2.30. The second-order valence-corrected chi connectivity index (χ2v) is 8.07. The number of esters is 1. The smallest absolute Gasteiger partial charge is 0.329 e. The predicted molar refractivity (Wildman–Crippen MR) is 116 cm³/mol. The summed E-state index contributed by atoms with van der Waals surface area (Å²) in [6.45, 7) is 7.07. The minimum atomic E-state index is -1.10. The van der Waals surface area contributed by atoms with Crippen LogP contribution in [0, 0.1) is 19.8 Å². The van der Waals surface area contributed by atoms with Crippen molar-refractivity contribution in [3.8, 4) is 0 Å². The third kappa shape index (κ3) is 4.66. The maximum atomic E-state index is 12.8. The lowest BCUT2D eigenvalue weighted by atomic mass is 10.0. The Morgan fingerprint density at radius 1 is 0.968 bits per heavy atom. The summed E-state index contributed by atoms with van der Waals surface area (Å²) in [7, 11) is 0. The van der Waals surface area contributed by atoms with Gasteiger partial charge in [0, 0.05) is 5.69 Å². The fraction of sp³-hybridized carbons (Fsp3) is 0.333. The minimum absolute atomic E-state index is 0.0191. The summed E-state index contributed by atoms with van der Waals surface area (Å²) in [5, 5.41) is 2.72.